The van der Waals surface area contributed by atoms with E-state index in [1.54, 1.807) is 23.1 Å². The Kier molecular flexibility index (Phi) is 5.03. The Balaban J connectivity index is 1.81. The molecule has 1 saturated heterocycles. The SMILES string of the molecule is COc1ccc(OS(=O)(=O)c2ccc(N3CCCC3=O)cc2)cc1OC. The summed E-state index contributed by atoms with van der Waals surface area (Å²) in [4.78, 5) is 13.4. The summed E-state index contributed by atoms with van der Waals surface area (Å²) in [6, 6.07) is 10.5. The van der Waals surface area contributed by atoms with Gasteiger partial charge < -0.3 is 18.6 Å². The van der Waals surface area contributed by atoms with E-state index in [0.717, 1.165) is 6.42 Å². The van der Waals surface area contributed by atoms with Crippen molar-refractivity contribution in [2.45, 2.75) is 17.7 Å². The first-order chi connectivity index (χ1) is 12.4. The number of nitrogens with zero attached hydrogens (tertiary/aromatic N) is 1. The maximum atomic E-state index is 12.5. The molecule has 1 amide bonds. The third-order valence-corrected chi connectivity index (χ3v) is 5.33. The second-order valence-corrected chi connectivity index (χ2v) is 7.24. The lowest BCUT2D eigenvalue weighted by atomic mass is 10.3. The van der Waals surface area contributed by atoms with Crippen LogP contribution < -0.4 is 18.6 Å². The number of benzene rings is 2. The van der Waals surface area contributed by atoms with Gasteiger partial charge in [-0.3, -0.25) is 4.79 Å². The minimum absolute atomic E-state index is 0.00248. The van der Waals surface area contributed by atoms with Gasteiger partial charge in [-0.1, -0.05) is 0 Å². The molecule has 0 aliphatic carbocycles. The minimum atomic E-state index is -4.01. The van der Waals surface area contributed by atoms with Crippen molar-refractivity contribution in [3.63, 3.8) is 0 Å². The van der Waals surface area contributed by atoms with Gasteiger partial charge in [-0.05, 0) is 42.8 Å². The van der Waals surface area contributed by atoms with Gasteiger partial charge in [-0.2, -0.15) is 8.42 Å². The number of methoxy groups -OCH3 is 2. The van der Waals surface area contributed by atoms with Crippen LogP contribution in [0.1, 0.15) is 12.8 Å². The highest BCUT2D eigenvalue weighted by Gasteiger charge is 2.23. The van der Waals surface area contributed by atoms with Crippen molar-refractivity contribution < 1.29 is 26.9 Å². The summed E-state index contributed by atoms with van der Waals surface area (Å²) >= 11 is 0. The summed E-state index contributed by atoms with van der Waals surface area (Å²) < 4.78 is 40.4. The van der Waals surface area contributed by atoms with Gasteiger partial charge in [0, 0.05) is 24.7 Å². The van der Waals surface area contributed by atoms with E-state index in [4.69, 9.17) is 13.7 Å². The van der Waals surface area contributed by atoms with Gasteiger partial charge in [0.1, 0.15) is 10.6 Å². The van der Waals surface area contributed by atoms with Crippen LogP contribution in [0.5, 0.6) is 17.2 Å². The van der Waals surface area contributed by atoms with E-state index in [1.165, 1.54) is 38.5 Å². The monoisotopic (exact) mass is 377 g/mol. The van der Waals surface area contributed by atoms with Crippen LogP contribution in [-0.2, 0) is 14.9 Å². The van der Waals surface area contributed by atoms with Gasteiger partial charge in [0.2, 0.25) is 5.91 Å². The van der Waals surface area contributed by atoms with Gasteiger partial charge >= 0.3 is 10.1 Å². The van der Waals surface area contributed by atoms with Crippen molar-refractivity contribution in [1.82, 2.24) is 0 Å². The van der Waals surface area contributed by atoms with Crippen molar-refractivity contribution in [2.24, 2.45) is 0 Å². The molecule has 0 aromatic heterocycles. The Hall–Kier alpha value is -2.74. The molecule has 0 unspecified atom stereocenters. The number of rotatable bonds is 6. The van der Waals surface area contributed by atoms with Crippen LogP contribution >= 0.6 is 0 Å². The first-order valence-electron chi connectivity index (χ1n) is 8.01. The Labute approximate surface area is 152 Å². The van der Waals surface area contributed by atoms with E-state index in [-0.39, 0.29) is 16.6 Å². The van der Waals surface area contributed by atoms with Crippen molar-refractivity contribution in [1.29, 1.82) is 0 Å². The zero-order valence-electron chi connectivity index (χ0n) is 14.5. The van der Waals surface area contributed by atoms with Crippen LogP contribution in [0.25, 0.3) is 0 Å². The smallest absolute Gasteiger partial charge is 0.339 e. The largest absolute Gasteiger partial charge is 0.493 e. The van der Waals surface area contributed by atoms with Crippen molar-refractivity contribution >= 4 is 21.7 Å². The van der Waals surface area contributed by atoms with Crippen molar-refractivity contribution in [3.8, 4) is 17.2 Å². The molecule has 8 heteroatoms. The van der Waals surface area contributed by atoms with Crippen LogP contribution in [-0.4, -0.2) is 35.1 Å². The molecule has 26 heavy (non-hydrogen) atoms. The Morgan fingerprint density at radius 2 is 1.65 bits per heavy atom. The maximum Gasteiger partial charge on any atom is 0.339 e. The Morgan fingerprint density at radius 1 is 0.962 bits per heavy atom. The van der Waals surface area contributed by atoms with Gasteiger partial charge in [-0.25, -0.2) is 0 Å². The predicted molar refractivity (Wildman–Crippen MR) is 95.4 cm³/mol. The number of amides is 1. The summed E-state index contributed by atoms with van der Waals surface area (Å²) in [5.41, 5.74) is 0.678. The average Bonchev–Trinajstić information content (AvgIpc) is 3.07. The minimum Gasteiger partial charge on any atom is -0.493 e. The molecular formula is C18H19NO6S. The summed E-state index contributed by atoms with van der Waals surface area (Å²) in [5.74, 6) is 0.989. The second kappa shape index (κ2) is 7.25. The first kappa shape index (κ1) is 18.1. The normalized spacial score (nSPS) is 14.4. The van der Waals surface area contributed by atoms with Crippen LogP contribution in [0.4, 0.5) is 5.69 Å². The van der Waals surface area contributed by atoms with Gasteiger partial charge in [-0.15, -0.1) is 0 Å². The zero-order valence-corrected chi connectivity index (χ0v) is 15.3. The summed E-state index contributed by atoms with van der Waals surface area (Å²) in [6.45, 7) is 0.646. The molecule has 2 aromatic rings. The Morgan fingerprint density at radius 3 is 2.23 bits per heavy atom. The van der Waals surface area contributed by atoms with E-state index in [0.29, 0.717) is 30.2 Å². The molecule has 138 valence electrons. The highest BCUT2D eigenvalue weighted by molar-refractivity contribution is 7.87. The summed E-state index contributed by atoms with van der Waals surface area (Å²) in [7, 11) is -1.07. The molecule has 0 saturated carbocycles. The Bertz CT molecular complexity index is 908. The van der Waals surface area contributed by atoms with Gasteiger partial charge in [0.25, 0.3) is 0 Å². The summed E-state index contributed by atoms with van der Waals surface area (Å²) in [5, 5.41) is 0. The molecule has 1 heterocycles. The van der Waals surface area contributed by atoms with Crippen LogP contribution in [0.2, 0.25) is 0 Å². The van der Waals surface area contributed by atoms with E-state index in [1.807, 2.05) is 0 Å². The third-order valence-electron chi connectivity index (χ3n) is 4.07. The first-order valence-corrected chi connectivity index (χ1v) is 9.42. The van der Waals surface area contributed by atoms with E-state index < -0.39 is 10.1 Å². The number of carbonyl (C=O) groups is 1. The molecule has 0 bridgehead atoms. The van der Waals surface area contributed by atoms with Crippen LogP contribution in [0, 0.1) is 0 Å². The predicted octanol–water partition coefficient (Wildman–Crippen LogP) is 2.60. The van der Waals surface area contributed by atoms with Crippen molar-refractivity contribution in [3.05, 3.63) is 42.5 Å². The molecule has 1 aliphatic rings. The zero-order chi connectivity index (χ0) is 18.7. The van der Waals surface area contributed by atoms with E-state index in [9.17, 15) is 13.2 Å². The topological polar surface area (TPSA) is 82.1 Å². The fraction of sp³-hybridized carbons (Fsp3) is 0.278. The van der Waals surface area contributed by atoms with E-state index in [2.05, 4.69) is 0 Å². The number of hydrogen-bond donors (Lipinski definition) is 0. The third kappa shape index (κ3) is 3.60. The lowest BCUT2D eigenvalue weighted by Gasteiger charge is -2.16. The molecule has 0 atom stereocenters. The number of anilines is 1. The molecular weight excluding hydrogens is 358 g/mol. The number of carbonyl (C=O) groups excluding carboxylic acids is 1. The van der Waals surface area contributed by atoms with E-state index >= 15 is 0 Å². The summed E-state index contributed by atoms with van der Waals surface area (Å²) in [6.07, 6.45) is 1.32. The highest BCUT2D eigenvalue weighted by atomic mass is 32.2. The van der Waals surface area contributed by atoms with Gasteiger partial charge in [0.15, 0.2) is 11.5 Å². The fourth-order valence-electron chi connectivity index (χ4n) is 2.76. The molecule has 7 nitrogen and oxygen atoms in total. The molecule has 3 rings (SSSR count). The van der Waals surface area contributed by atoms with Gasteiger partial charge in [0.05, 0.1) is 14.2 Å². The quantitative estimate of drug-likeness (QED) is 0.720. The van der Waals surface area contributed by atoms with Crippen LogP contribution in [0.3, 0.4) is 0 Å². The van der Waals surface area contributed by atoms with Crippen molar-refractivity contribution in [2.75, 3.05) is 25.7 Å². The molecule has 1 fully saturated rings. The average molecular weight is 377 g/mol. The number of ether oxygens (including phenoxy) is 2. The lowest BCUT2D eigenvalue weighted by Crippen LogP contribution is -2.23. The lowest BCUT2D eigenvalue weighted by molar-refractivity contribution is -0.117. The molecule has 0 N–H and O–H groups in total. The molecule has 2 aromatic carbocycles. The molecule has 0 radical (unpaired) electrons. The maximum absolute atomic E-state index is 12.5. The fourth-order valence-corrected chi connectivity index (χ4v) is 3.68. The molecule has 0 spiro atoms. The number of hydrogen-bond acceptors (Lipinski definition) is 6. The second-order valence-electron chi connectivity index (χ2n) is 5.70. The molecule has 1 aliphatic heterocycles. The van der Waals surface area contributed by atoms with Crippen LogP contribution in [0.15, 0.2) is 47.4 Å². The highest BCUT2D eigenvalue weighted by Crippen LogP contribution is 2.32. The standard InChI is InChI=1S/C18H19NO6S/c1-23-16-10-7-14(12-17(16)24-2)25-26(21,22)15-8-5-13(6-9-15)19-11-3-4-18(19)20/h5-10,12H,3-4,11H2,1-2H3.